The summed E-state index contributed by atoms with van der Waals surface area (Å²) in [5.74, 6) is 0.181. The van der Waals surface area contributed by atoms with Gasteiger partial charge in [0.05, 0.1) is 18.2 Å². The lowest BCUT2D eigenvalue weighted by Crippen LogP contribution is -2.43. The van der Waals surface area contributed by atoms with Crippen LogP contribution in [-0.2, 0) is 9.53 Å². The first kappa shape index (κ1) is 17.3. The largest absolute Gasteiger partial charge is 0.462 e. The molecular weight excluding hydrogens is 306 g/mol. The van der Waals surface area contributed by atoms with Gasteiger partial charge >= 0.3 is 5.97 Å². The van der Waals surface area contributed by atoms with Gasteiger partial charge in [-0.15, -0.1) is 0 Å². The van der Waals surface area contributed by atoms with E-state index in [4.69, 9.17) is 10.00 Å². The normalized spacial score (nSPS) is 16.1. The van der Waals surface area contributed by atoms with E-state index in [0.717, 1.165) is 18.7 Å². The summed E-state index contributed by atoms with van der Waals surface area (Å²) in [6.45, 7) is 4.84. The van der Waals surface area contributed by atoms with Crippen LogP contribution in [-0.4, -0.2) is 31.6 Å². The first-order valence-electron chi connectivity index (χ1n) is 7.89. The number of anilines is 1. The predicted octanol–water partition coefficient (Wildman–Crippen LogP) is 1.70. The molecule has 0 radical (unpaired) electrons. The minimum absolute atomic E-state index is 0.310. The maximum Gasteiger partial charge on any atom is 0.343 e. The molecule has 7 heteroatoms. The predicted molar refractivity (Wildman–Crippen MR) is 92.1 cm³/mol. The molecule has 0 saturated carbocycles. The van der Waals surface area contributed by atoms with Crippen molar-refractivity contribution in [3.05, 3.63) is 41.2 Å². The monoisotopic (exact) mass is 327 g/mol. The van der Waals surface area contributed by atoms with Gasteiger partial charge in [-0.05, 0) is 37.6 Å². The number of hydrogen-bond acceptors (Lipinski definition) is 7. The molecule has 1 aliphatic rings. The summed E-state index contributed by atoms with van der Waals surface area (Å²) in [7, 11) is 0. The second kappa shape index (κ2) is 8.58. The van der Waals surface area contributed by atoms with E-state index in [9.17, 15) is 4.79 Å². The van der Waals surface area contributed by atoms with Gasteiger partial charge in [0, 0.05) is 18.4 Å². The van der Waals surface area contributed by atoms with E-state index in [1.165, 1.54) is 6.21 Å². The van der Waals surface area contributed by atoms with E-state index < -0.39 is 12.3 Å². The van der Waals surface area contributed by atoms with Crippen molar-refractivity contribution in [3.63, 3.8) is 0 Å². The highest BCUT2D eigenvalue weighted by atomic mass is 16.5. The summed E-state index contributed by atoms with van der Waals surface area (Å²) in [4.78, 5) is 16.3. The fourth-order valence-corrected chi connectivity index (χ4v) is 2.10. The van der Waals surface area contributed by atoms with Crippen molar-refractivity contribution in [2.75, 3.05) is 18.5 Å². The Kier molecular flexibility index (Phi) is 6.20. The van der Waals surface area contributed by atoms with E-state index in [2.05, 4.69) is 27.0 Å². The average molecular weight is 327 g/mol. The molecule has 1 aromatic carbocycles. The fourth-order valence-electron chi connectivity index (χ4n) is 2.10. The molecule has 126 valence electrons. The number of esters is 1. The Hall–Kier alpha value is -3.01. The molecule has 0 bridgehead atoms. The molecular formula is C17H21N5O2. The van der Waals surface area contributed by atoms with Crippen LogP contribution in [0.3, 0.4) is 0 Å². The Morgan fingerprint density at radius 1 is 1.38 bits per heavy atom. The number of rotatable bonds is 7. The van der Waals surface area contributed by atoms with Crippen LogP contribution in [0.1, 0.15) is 25.8 Å². The first-order valence-corrected chi connectivity index (χ1v) is 7.89. The van der Waals surface area contributed by atoms with Crippen LogP contribution in [0.15, 0.2) is 40.7 Å². The number of nitrogens with one attached hydrogen (secondary N) is 3. The number of nitrogens with zero attached hydrogens (tertiary/aromatic N) is 2. The highest BCUT2D eigenvalue weighted by Crippen LogP contribution is 2.13. The van der Waals surface area contributed by atoms with Gasteiger partial charge < -0.3 is 20.7 Å². The zero-order valence-electron chi connectivity index (χ0n) is 13.8. The van der Waals surface area contributed by atoms with Crippen LogP contribution < -0.4 is 16.0 Å². The van der Waals surface area contributed by atoms with Gasteiger partial charge in [0.2, 0.25) is 0 Å². The third-order valence-corrected chi connectivity index (χ3v) is 3.27. The van der Waals surface area contributed by atoms with Gasteiger partial charge in [0.1, 0.15) is 11.4 Å². The van der Waals surface area contributed by atoms with Gasteiger partial charge in [-0.1, -0.05) is 6.92 Å². The molecule has 3 N–H and O–H groups in total. The molecule has 1 atom stereocenters. The van der Waals surface area contributed by atoms with Crippen LogP contribution in [0.4, 0.5) is 5.69 Å². The lowest BCUT2D eigenvalue weighted by Gasteiger charge is -2.26. The summed E-state index contributed by atoms with van der Waals surface area (Å²) in [6.07, 6.45) is 2.01. The molecule has 0 aromatic heterocycles. The Morgan fingerprint density at radius 2 is 2.12 bits per heavy atom. The molecule has 0 spiro atoms. The topological polar surface area (TPSA) is 98.5 Å². The number of carbonyl (C=O) groups is 1. The highest BCUT2D eigenvalue weighted by molar-refractivity contribution is 6.10. The molecule has 24 heavy (non-hydrogen) atoms. The summed E-state index contributed by atoms with van der Waals surface area (Å²) in [5, 5.41) is 18.3. The number of ether oxygens (including phenoxy) is 1. The number of carbonyl (C=O) groups excluding carboxylic acids is 1. The minimum Gasteiger partial charge on any atom is -0.462 e. The number of hydrogen-bond donors (Lipinski definition) is 3. The molecule has 0 saturated heterocycles. The quantitative estimate of drug-likeness (QED) is 0.659. The molecule has 1 aromatic rings. The third-order valence-electron chi connectivity index (χ3n) is 3.27. The van der Waals surface area contributed by atoms with Gasteiger partial charge in [-0.25, -0.2) is 9.79 Å². The third kappa shape index (κ3) is 4.49. The van der Waals surface area contributed by atoms with Gasteiger partial charge in [0.25, 0.3) is 0 Å². The number of nitriles is 1. The first-order chi connectivity index (χ1) is 11.7. The van der Waals surface area contributed by atoms with E-state index in [0.29, 0.717) is 23.6 Å². The molecule has 0 aliphatic carbocycles. The number of aliphatic imine (C=N–C) groups is 1. The van der Waals surface area contributed by atoms with Crippen molar-refractivity contribution in [2.45, 2.75) is 26.6 Å². The lowest BCUT2D eigenvalue weighted by molar-refractivity contribution is -0.137. The van der Waals surface area contributed by atoms with Crippen molar-refractivity contribution in [1.82, 2.24) is 10.6 Å². The van der Waals surface area contributed by atoms with Crippen LogP contribution >= 0.6 is 0 Å². The molecule has 1 aliphatic heterocycles. The van der Waals surface area contributed by atoms with Crippen LogP contribution in [0.25, 0.3) is 0 Å². The maximum atomic E-state index is 12.0. The molecule has 2 rings (SSSR count). The van der Waals surface area contributed by atoms with Crippen molar-refractivity contribution in [1.29, 1.82) is 5.26 Å². The maximum absolute atomic E-state index is 12.0. The summed E-state index contributed by atoms with van der Waals surface area (Å²) >= 11 is 0. The molecule has 7 nitrogen and oxygen atoms in total. The zero-order chi connectivity index (χ0) is 17.4. The molecule has 0 fully saturated rings. The standard InChI is InChI=1S/C17H21N5O2/c1-3-9-19-15-14(16(23)24-4-2)11-20-17(22-15)21-13-7-5-12(10-18)6-8-13/h5-8,11,17,19,21-22H,3-4,9H2,1-2H3. The Labute approximate surface area is 141 Å². The molecule has 1 heterocycles. The fraction of sp³-hybridized carbons (Fsp3) is 0.353. The van der Waals surface area contributed by atoms with Gasteiger partial charge in [-0.3, -0.25) is 0 Å². The van der Waals surface area contributed by atoms with E-state index in [1.807, 2.05) is 6.92 Å². The highest BCUT2D eigenvalue weighted by Gasteiger charge is 2.22. The minimum atomic E-state index is -0.421. The van der Waals surface area contributed by atoms with Crippen molar-refractivity contribution >= 4 is 17.9 Å². The van der Waals surface area contributed by atoms with E-state index >= 15 is 0 Å². The second-order valence-electron chi connectivity index (χ2n) is 5.09. The molecule has 1 unspecified atom stereocenters. The second-order valence-corrected chi connectivity index (χ2v) is 5.09. The molecule has 0 amide bonds. The Balaban J connectivity index is 2.09. The van der Waals surface area contributed by atoms with Gasteiger partial charge in [-0.2, -0.15) is 5.26 Å². The van der Waals surface area contributed by atoms with E-state index in [-0.39, 0.29) is 0 Å². The van der Waals surface area contributed by atoms with Crippen LogP contribution in [0, 0.1) is 11.3 Å². The van der Waals surface area contributed by atoms with Crippen molar-refractivity contribution in [2.24, 2.45) is 4.99 Å². The smallest absolute Gasteiger partial charge is 0.343 e. The van der Waals surface area contributed by atoms with Gasteiger partial charge in [0.15, 0.2) is 6.29 Å². The summed E-state index contributed by atoms with van der Waals surface area (Å²) in [6, 6.07) is 9.14. The van der Waals surface area contributed by atoms with Crippen molar-refractivity contribution < 1.29 is 9.53 Å². The summed E-state index contributed by atoms with van der Waals surface area (Å²) < 4.78 is 5.05. The van der Waals surface area contributed by atoms with Crippen LogP contribution in [0.2, 0.25) is 0 Å². The average Bonchev–Trinajstić information content (AvgIpc) is 2.61. The Bertz CT molecular complexity index is 673. The van der Waals surface area contributed by atoms with E-state index in [1.54, 1.807) is 31.2 Å². The summed E-state index contributed by atoms with van der Waals surface area (Å²) in [5.41, 5.74) is 1.79. The SMILES string of the molecule is CCCNC1=C(C(=O)OCC)C=NC(Nc2ccc(C#N)cc2)N1. The zero-order valence-corrected chi connectivity index (χ0v) is 13.8. The van der Waals surface area contributed by atoms with Crippen LogP contribution in [0.5, 0.6) is 0 Å². The number of benzene rings is 1. The Morgan fingerprint density at radius 3 is 2.75 bits per heavy atom. The van der Waals surface area contributed by atoms with Crippen molar-refractivity contribution in [3.8, 4) is 6.07 Å². The lowest BCUT2D eigenvalue weighted by atomic mass is 10.2.